The van der Waals surface area contributed by atoms with Crippen molar-refractivity contribution >= 4 is 35.4 Å². The molecule has 6 N–H and O–H groups in total. The minimum atomic E-state index is -0.978. The monoisotopic (exact) mass is 899 g/mol. The number of hydrogen-bond acceptors (Lipinski definition) is 8. The molecule has 14 heteroatoms. The second-order valence-corrected chi connectivity index (χ2v) is 18.2. The molecule has 0 saturated carbocycles. The van der Waals surface area contributed by atoms with Gasteiger partial charge in [-0.1, -0.05) is 72.5 Å². The van der Waals surface area contributed by atoms with Gasteiger partial charge in [-0.25, -0.2) is 0 Å². The molecule has 0 radical (unpaired) electrons. The van der Waals surface area contributed by atoms with Crippen LogP contribution in [-0.4, -0.2) is 109 Å². The lowest BCUT2D eigenvalue weighted by Crippen LogP contribution is -2.56. The van der Waals surface area contributed by atoms with Gasteiger partial charge in [-0.2, -0.15) is 0 Å². The summed E-state index contributed by atoms with van der Waals surface area (Å²) < 4.78 is 0. The van der Waals surface area contributed by atoms with Crippen LogP contribution in [0.1, 0.15) is 117 Å². The van der Waals surface area contributed by atoms with Gasteiger partial charge in [0.2, 0.25) is 35.4 Å². The molecule has 2 aliphatic carbocycles. The number of likely N-dealkylation sites (N-methyl/N-ethyl adjacent to an activating group) is 2. The summed E-state index contributed by atoms with van der Waals surface area (Å²) in [6, 6.07) is 19.2. The van der Waals surface area contributed by atoms with E-state index in [1.807, 2.05) is 48.5 Å². The summed E-state index contributed by atoms with van der Waals surface area (Å²) in [7, 11) is 3.35. The highest BCUT2D eigenvalue weighted by atomic mass is 16.2. The average Bonchev–Trinajstić information content (AvgIpc) is 4.05. The number of aryl methyl sites for hydroxylation is 2. The van der Waals surface area contributed by atoms with Crippen LogP contribution in [0.4, 0.5) is 0 Å². The van der Waals surface area contributed by atoms with Gasteiger partial charge in [0.25, 0.3) is 0 Å². The third-order valence-corrected chi connectivity index (χ3v) is 13.9. The van der Waals surface area contributed by atoms with Crippen LogP contribution >= 0.6 is 0 Å². The molecular formula is C52H66N8O6. The first-order valence-electron chi connectivity index (χ1n) is 23.9. The third-order valence-electron chi connectivity index (χ3n) is 13.9. The van der Waals surface area contributed by atoms with Gasteiger partial charge in [0.15, 0.2) is 0 Å². The molecule has 2 heterocycles. The molecule has 350 valence electrons. The smallest absolute Gasteiger partial charge is 0.246 e. The Morgan fingerprint density at radius 1 is 0.606 bits per heavy atom. The van der Waals surface area contributed by atoms with Gasteiger partial charge in [-0.3, -0.25) is 28.8 Å². The van der Waals surface area contributed by atoms with E-state index in [1.165, 1.54) is 11.1 Å². The SMILES string of the molecule is CN[C@H](C)C(=O)N[C@@H](CC#Cc1ccc(C[C@H](NC(=O)[C@@H](C)NC)C(=O)N2CCC[C@@H]2C(=O)N[C@@H]2CCCc3ccccc32)cc1)C(=O)N1CCC[C@@H]1C(=O)N[C@@H]1CCCc2ccccc21. The lowest BCUT2D eigenvalue weighted by molar-refractivity contribution is -0.141. The van der Waals surface area contributed by atoms with Crippen molar-refractivity contribution < 1.29 is 28.8 Å². The summed E-state index contributed by atoms with van der Waals surface area (Å²) in [6.45, 7) is 4.25. The van der Waals surface area contributed by atoms with Crippen LogP contribution in [0.15, 0.2) is 72.8 Å². The molecule has 4 aliphatic rings. The molecule has 7 rings (SSSR count). The number of carbonyl (C=O) groups is 6. The van der Waals surface area contributed by atoms with Crippen molar-refractivity contribution in [3.8, 4) is 11.8 Å². The Morgan fingerprint density at radius 2 is 1.08 bits per heavy atom. The largest absolute Gasteiger partial charge is 0.347 e. The molecule has 6 amide bonds. The van der Waals surface area contributed by atoms with E-state index in [-0.39, 0.29) is 60.4 Å². The van der Waals surface area contributed by atoms with Crippen LogP contribution in [0.5, 0.6) is 0 Å². The minimum absolute atomic E-state index is 0.0215. The molecular weight excluding hydrogens is 833 g/mol. The van der Waals surface area contributed by atoms with Crippen molar-refractivity contribution in [2.45, 2.75) is 139 Å². The van der Waals surface area contributed by atoms with Crippen molar-refractivity contribution in [3.63, 3.8) is 0 Å². The fourth-order valence-electron chi connectivity index (χ4n) is 9.82. The molecule has 3 aromatic rings. The van der Waals surface area contributed by atoms with Gasteiger partial charge in [0.05, 0.1) is 24.2 Å². The van der Waals surface area contributed by atoms with Crippen LogP contribution in [0.2, 0.25) is 0 Å². The summed E-state index contributed by atoms with van der Waals surface area (Å²) in [5, 5.41) is 18.2. The second kappa shape index (κ2) is 22.4. The van der Waals surface area contributed by atoms with Gasteiger partial charge >= 0.3 is 0 Å². The van der Waals surface area contributed by atoms with E-state index < -0.39 is 36.3 Å². The Bertz CT molecular complexity index is 2310. The Labute approximate surface area is 389 Å². The zero-order valence-electron chi connectivity index (χ0n) is 38.8. The molecule has 0 unspecified atom stereocenters. The quantitative estimate of drug-likeness (QED) is 0.126. The highest BCUT2D eigenvalue weighted by molar-refractivity contribution is 5.95. The number of nitrogens with zero attached hydrogens (tertiary/aromatic N) is 2. The van der Waals surface area contributed by atoms with Crippen LogP contribution in [0.3, 0.4) is 0 Å². The van der Waals surface area contributed by atoms with E-state index in [0.29, 0.717) is 44.3 Å². The zero-order chi connectivity index (χ0) is 46.7. The predicted molar refractivity (Wildman–Crippen MR) is 253 cm³/mol. The summed E-state index contributed by atoms with van der Waals surface area (Å²) >= 11 is 0. The highest BCUT2D eigenvalue weighted by Crippen LogP contribution is 2.32. The van der Waals surface area contributed by atoms with Gasteiger partial charge in [-0.05, 0) is 132 Å². The molecule has 0 spiro atoms. The normalized spacial score (nSPS) is 21.7. The third kappa shape index (κ3) is 11.5. The summed E-state index contributed by atoms with van der Waals surface area (Å²) in [4.78, 5) is 85.8. The number of amides is 6. The fourth-order valence-corrected chi connectivity index (χ4v) is 9.82. The van der Waals surface area contributed by atoms with Crippen molar-refractivity contribution in [3.05, 3.63) is 106 Å². The van der Waals surface area contributed by atoms with Gasteiger partial charge < -0.3 is 41.7 Å². The van der Waals surface area contributed by atoms with E-state index in [2.05, 4.69) is 68.0 Å². The number of rotatable bonds is 15. The lowest BCUT2D eigenvalue weighted by atomic mass is 9.87. The van der Waals surface area contributed by atoms with Crippen molar-refractivity contribution in [1.82, 2.24) is 41.7 Å². The lowest BCUT2D eigenvalue weighted by Gasteiger charge is -2.32. The van der Waals surface area contributed by atoms with Crippen LogP contribution in [-0.2, 0) is 48.0 Å². The maximum atomic E-state index is 14.4. The van der Waals surface area contributed by atoms with Crippen molar-refractivity contribution in [2.24, 2.45) is 0 Å². The van der Waals surface area contributed by atoms with Gasteiger partial charge in [-0.15, -0.1) is 0 Å². The molecule has 2 fully saturated rings. The molecule has 8 atom stereocenters. The second-order valence-electron chi connectivity index (χ2n) is 18.2. The number of carbonyl (C=O) groups excluding carboxylic acids is 6. The van der Waals surface area contributed by atoms with Gasteiger partial charge in [0, 0.05) is 31.5 Å². The molecule has 2 saturated heterocycles. The fraction of sp³-hybridized carbons (Fsp3) is 0.500. The molecule has 14 nitrogen and oxygen atoms in total. The molecule has 2 aliphatic heterocycles. The number of nitrogens with one attached hydrogen (secondary N) is 6. The topological polar surface area (TPSA) is 181 Å². The standard InChI is InChI=1S/C52H66N8O6/c1-33(53-3)47(61)57-43(51(65)59-30-12-24-45(59)49(63)55-41-21-10-17-37-15-5-7-19-39(37)41)23-9-14-35-26-28-36(29-27-35)32-44(58-48(62)34(2)54-4)52(66)60-31-13-25-46(60)50(64)56-42-22-11-18-38-16-6-8-20-40(38)42/h5-8,15-16,19-20,26-29,33-34,41-46,53-54H,10-13,17-18,21-25,30-32H2,1-4H3,(H,55,63)(H,56,64)(H,57,61)(H,58,62)/t33-,34-,41-,42-,43+,44+,45-,46-/m1/s1. The van der Waals surface area contributed by atoms with Crippen molar-refractivity contribution in [1.29, 1.82) is 0 Å². The summed E-state index contributed by atoms with van der Waals surface area (Å²) in [6.07, 6.45) is 8.22. The minimum Gasteiger partial charge on any atom is -0.347 e. The first-order chi connectivity index (χ1) is 31.9. The van der Waals surface area contributed by atoms with E-state index in [9.17, 15) is 28.8 Å². The Hall–Kier alpha value is -6.04. The van der Waals surface area contributed by atoms with Crippen LogP contribution < -0.4 is 31.9 Å². The molecule has 0 aromatic heterocycles. The summed E-state index contributed by atoms with van der Waals surface area (Å²) in [5.74, 6) is 4.55. The van der Waals surface area contributed by atoms with E-state index >= 15 is 0 Å². The van der Waals surface area contributed by atoms with Crippen LogP contribution in [0.25, 0.3) is 0 Å². The summed E-state index contributed by atoms with van der Waals surface area (Å²) in [5.41, 5.74) is 6.17. The predicted octanol–water partition coefficient (Wildman–Crippen LogP) is 3.53. The van der Waals surface area contributed by atoms with E-state index in [4.69, 9.17) is 0 Å². The number of hydrogen-bond donors (Lipinski definition) is 6. The number of likely N-dealkylation sites (tertiary alicyclic amines) is 2. The van der Waals surface area contributed by atoms with E-state index in [1.54, 1.807) is 37.7 Å². The van der Waals surface area contributed by atoms with Crippen molar-refractivity contribution in [2.75, 3.05) is 27.2 Å². The first-order valence-corrected chi connectivity index (χ1v) is 23.9. The Kier molecular flexibility index (Phi) is 16.3. The van der Waals surface area contributed by atoms with E-state index in [0.717, 1.165) is 55.2 Å². The van der Waals surface area contributed by atoms with Crippen LogP contribution in [0, 0.1) is 11.8 Å². The first kappa shape index (κ1) is 47.9. The zero-order valence-corrected chi connectivity index (χ0v) is 38.8. The number of benzene rings is 3. The Morgan fingerprint density at radius 3 is 1.58 bits per heavy atom. The molecule has 0 bridgehead atoms. The maximum Gasteiger partial charge on any atom is 0.246 e. The maximum absolute atomic E-state index is 14.4. The Balaban J connectivity index is 1.02. The molecule has 3 aromatic carbocycles. The van der Waals surface area contributed by atoms with Gasteiger partial charge in [0.1, 0.15) is 24.2 Å². The molecule has 66 heavy (non-hydrogen) atoms. The average molecular weight is 899 g/mol. The number of fused-ring (bicyclic) bond motifs is 2. The highest BCUT2D eigenvalue weighted by Gasteiger charge is 2.40.